The first kappa shape index (κ1) is 13.0. The first-order valence-electron chi connectivity index (χ1n) is 6.87. The van der Waals surface area contributed by atoms with Gasteiger partial charge in [-0.25, -0.2) is 0 Å². The van der Waals surface area contributed by atoms with Crippen LogP contribution in [0.3, 0.4) is 0 Å². The van der Waals surface area contributed by atoms with E-state index in [0.29, 0.717) is 6.42 Å². The van der Waals surface area contributed by atoms with Crippen molar-refractivity contribution in [1.29, 1.82) is 0 Å². The van der Waals surface area contributed by atoms with Crippen molar-refractivity contribution >= 4 is 0 Å². The van der Waals surface area contributed by atoms with Crippen molar-refractivity contribution in [2.75, 3.05) is 0 Å². The molecule has 20 heavy (non-hydrogen) atoms. The summed E-state index contributed by atoms with van der Waals surface area (Å²) in [6, 6.07) is 14.4. The fourth-order valence-corrected chi connectivity index (χ4v) is 3.27. The summed E-state index contributed by atoms with van der Waals surface area (Å²) >= 11 is 0. The molecule has 1 unspecified atom stereocenters. The molecule has 1 atom stereocenters. The molecule has 2 aromatic rings. The summed E-state index contributed by atoms with van der Waals surface area (Å²) < 4.78 is 0. The van der Waals surface area contributed by atoms with E-state index in [9.17, 15) is 15.3 Å². The van der Waals surface area contributed by atoms with E-state index in [1.807, 2.05) is 24.3 Å². The van der Waals surface area contributed by atoms with Crippen LogP contribution in [-0.2, 0) is 5.41 Å². The number of hydrogen-bond acceptors (Lipinski definition) is 3. The highest BCUT2D eigenvalue weighted by Gasteiger charge is 2.41. The molecule has 104 valence electrons. The van der Waals surface area contributed by atoms with Gasteiger partial charge in [0.15, 0.2) is 0 Å². The lowest BCUT2D eigenvalue weighted by atomic mass is 9.73. The highest BCUT2D eigenvalue weighted by molar-refractivity contribution is 5.44. The minimum Gasteiger partial charge on any atom is -0.508 e. The maximum absolute atomic E-state index is 10.00. The van der Waals surface area contributed by atoms with Gasteiger partial charge in [-0.15, -0.1) is 0 Å². The van der Waals surface area contributed by atoms with Crippen molar-refractivity contribution in [3.63, 3.8) is 0 Å². The minimum atomic E-state index is -0.308. The van der Waals surface area contributed by atoms with Crippen LogP contribution in [0.1, 0.15) is 30.4 Å². The van der Waals surface area contributed by atoms with Gasteiger partial charge < -0.3 is 15.3 Å². The minimum absolute atomic E-state index is 0.235. The maximum Gasteiger partial charge on any atom is 0.115 e. The molecule has 0 saturated heterocycles. The Morgan fingerprint density at radius 1 is 0.800 bits per heavy atom. The molecule has 3 heteroatoms. The Balaban J connectivity index is 2.09. The average molecular weight is 270 g/mol. The zero-order valence-corrected chi connectivity index (χ0v) is 11.2. The smallest absolute Gasteiger partial charge is 0.115 e. The average Bonchev–Trinajstić information content (AvgIpc) is 2.84. The second kappa shape index (κ2) is 4.84. The van der Waals surface area contributed by atoms with Gasteiger partial charge in [-0.05, 0) is 54.7 Å². The van der Waals surface area contributed by atoms with Crippen LogP contribution in [0.4, 0.5) is 0 Å². The van der Waals surface area contributed by atoms with E-state index >= 15 is 0 Å². The SMILES string of the molecule is Oc1ccc(C2(c3ccc(O)cc3)CCC(O)C2)cc1. The molecule has 2 aromatic carbocycles. The van der Waals surface area contributed by atoms with E-state index in [-0.39, 0.29) is 23.0 Å². The van der Waals surface area contributed by atoms with E-state index in [4.69, 9.17) is 0 Å². The van der Waals surface area contributed by atoms with Crippen molar-refractivity contribution in [2.24, 2.45) is 0 Å². The number of rotatable bonds is 2. The van der Waals surface area contributed by atoms with Crippen LogP contribution < -0.4 is 0 Å². The van der Waals surface area contributed by atoms with Gasteiger partial charge in [0.05, 0.1) is 6.10 Å². The Hall–Kier alpha value is -2.00. The lowest BCUT2D eigenvalue weighted by Gasteiger charge is -2.30. The van der Waals surface area contributed by atoms with E-state index in [0.717, 1.165) is 24.0 Å². The zero-order valence-electron chi connectivity index (χ0n) is 11.2. The highest BCUT2D eigenvalue weighted by atomic mass is 16.3. The lowest BCUT2D eigenvalue weighted by molar-refractivity contribution is 0.177. The molecule has 1 fully saturated rings. The molecule has 0 spiro atoms. The monoisotopic (exact) mass is 270 g/mol. The topological polar surface area (TPSA) is 60.7 Å². The maximum atomic E-state index is 10.00. The van der Waals surface area contributed by atoms with Crippen molar-refractivity contribution < 1.29 is 15.3 Å². The number of phenols is 2. The third kappa shape index (κ3) is 2.14. The van der Waals surface area contributed by atoms with Gasteiger partial charge in [0, 0.05) is 5.41 Å². The van der Waals surface area contributed by atoms with Gasteiger partial charge in [-0.3, -0.25) is 0 Å². The van der Waals surface area contributed by atoms with Crippen molar-refractivity contribution in [2.45, 2.75) is 30.8 Å². The molecule has 0 aromatic heterocycles. The van der Waals surface area contributed by atoms with Gasteiger partial charge >= 0.3 is 0 Å². The van der Waals surface area contributed by atoms with Crippen molar-refractivity contribution in [3.05, 3.63) is 59.7 Å². The normalized spacial score (nSPS) is 20.9. The van der Waals surface area contributed by atoms with Crippen LogP contribution in [0.15, 0.2) is 48.5 Å². The Labute approximate surface area is 118 Å². The summed E-state index contributed by atoms with van der Waals surface area (Å²) in [5.74, 6) is 0.487. The Bertz CT molecular complexity index is 541. The first-order valence-corrected chi connectivity index (χ1v) is 6.87. The quantitative estimate of drug-likeness (QED) is 0.786. The van der Waals surface area contributed by atoms with Crippen LogP contribution in [0.25, 0.3) is 0 Å². The third-order valence-corrected chi connectivity index (χ3v) is 4.33. The highest BCUT2D eigenvalue weighted by Crippen LogP contribution is 2.47. The lowest BCUT2D eigenvalue weighted by Crippen LogP contribution is -2.25. The fourth-order valence-electron chi connectivity index (χ4n) is 3.27. The molecule has 0 amide bonds. The molecule has 3 rings (SSSR count). The predicted octanol–water partition coefficient (Wildman–Crippen LogP) is 2.93. The van der Waals surface area contributed by atoms with Gasteiger partial charge in [0.2, 0.25) is 0 Å². The number of phenolic OH excluding ortho intramolecular Hbond substituents is 2. The van der Waals surface area contributed by atoms with E-state index in [1.54, 1.807) is 24.3 Å². The summed E-state index contributed by atoms with van der Waals surface area (Å²) in [6.45, 7) is 0. The third-order valence-electron chi connectivity index (χ3n) is 4.33. The Kier molecular flexibility index (Phi) is 3.14. The predicted molar refractivity (Wildman–Crippen MR) is 76.9 cm³/mol. The molecule has 1 saturated carbocycles. The molecule has 0 bridgehead atoms. The van der Waals surface area contributed by atoms with E-state index < -0.39 is 0 Å². The van der Waals surface area contributed by atoms with Crippen LogP contribution in [0.2, 0.25) is 0 Å². The molecule has 0 aliphatic heterocycles. The van der Waals surface area contributed by atoms with Gasteiger partial charge in [0.1, 0.15) is 11.5 Å². The van der Waals surface area contributed by atoms with Crippen LogP contribution in [0.5, 0.6) is 11.5 Å². The number of aromatic hydroxyl groups is 2. The van der Waals surface area contributed by atoms with Gasteiger partial charge in [0.25, 0.3) is 0 Å². The summed E-state index contributed by atoms with van der Waals surface area (Å²) in [7, 11) is 0. The van der Waals surface area contributed by atoms with Crippen LogP contribution in [-0.4, -0.2) is 21.4 Å². The molecular formula is C17H18O3. The van der Waals surface area contributed by atoms with Crippen molar-refractivity contribution in [1.82, 2.24) is 0 Å². The summed E-state index contributed by atoms with van der Waals surface area (Å²) in [6.07, 6.45) is 1.99. The van der Waals surface area contributed by atoms with E-state index in [1.165, 1.54) is 0 Å². The summed E-state index contributed by atoms with van der Waals surface area (Å²) in [5.41, 5.74) is 1.95. The number of aliphatic hydroxyl groups excluding tert-OH is 1. The zero-order chi connectivity index (χ0) is 14.2. The first-order chi connectivity index (χ1) is 9.60. The molecule has 3 N–H and O–H groups in total. The standard InChI is InChI=1S/C17H18O3/c18-14-5-1-12(2-6-14)17(10-9-16(20)11-17)13-3-7-15(19)8-4-13/h1-8,16,18-20H,9-11H2. The molecule has 1 aliphatic carbocycles. The molecule has 1 aliphatic rings. The summed E-state index contributed by atoms with van der Waals surface area (Å²) in [5, 5.41) is 28.9. The Morgan fingerprint density at radius 2 is 1.25 bits per heavy atom. The molecule has 0 radical (unpaired) electrons. The van der Waals surface area contributed by atoms with Gasteiger partial charge in [-0.2, -0.15) is 0 Å². The largest absolute Gasteiger partial charge is 0.508 e. The molecular weight excluding hydrogens is 252 g/mol. The van der Waals surface area contributed by atoms with Gasteiger partial charge in [-0.1, -0.05) is 24.3 Å². The van der Waals surface area contributed by atoms with E-state index in [2.05, 4.69) is 0 Å². The summed E-state index contributed by atoms with van der Waals surface area (Å²) in [4.78, 5) is 0. The Morgan fingerprint density at radius 3 is 1.60 bits per heavy atom. The van der Waals surface area contributed by atoms with Crippen LogP contribution in [0, 0.1) is 0 Å². The molecule has 3 nitrogen and oxygen atoms in total. The molecule has 0 heterocycles. The fraction of sp³-hybridized carbons (Fsp3) is 0.294. The number of benzene rings is 2. The number of hydrogen-bond donors (Lipinski definition) is 3. The van der Waals surface area contributed by atoms with Crippen molar-refractivity contribution in [3.8, 4) is 11.5 Å². The number of aliphatic hydroxyl groups is 1. The second-order valence-corrected chi connectivity index (χ2v) is 5.57. The van der Waals surface area contributed by atoms with Crippen LogP contribution >= 0.6 is 0 Å². The second-order valence-electron chi connectivity index (χ2n) is 5.57.